The molecule has 1 amide bonds. The van der Waals surface area contributed by atoms with E-state index in [0.717, 1.165) is 0 Å². The fourth-order valence-corrected chi connectivity index (χ4v) is 1.87. The predicted molar refractivity (Wildman–Crippen MR) is 76.5 cm³/mol. The molecule has 1 N–H and O–H groups in total. The molecular weight excluding hydrogens is 270 g/mol. The molecule has 2 heterocycles. The van der Waals surface area contributed by atoms with Crippen LogP contribution in [0.2, 0.25) is 0 Å². The van der Waals surface area contributed by atoms with Crippen LogP contribution in [0, 0.1) is 0 Å². The number of hydrazone groups is 1. The predicted octanol–water partition coefficient (Wildman–Crippen LogP) is 1.96. The van der Waals surface area contributed by atoms with Gasteiger partial charge in [0, 0.05) is 11.8 Å². The summed E-state index contributed by atoms with van der Waals surface area (Å²) in [7, 11) is 0. The lowest BCUT2D eigenvalue weighted by Crippen LogP contribution is -2.19. The van der Waals surface area contributed by atoms with Crippen molar-refractivity contribution in [2.24, 2.45) is 5.10 Å². The third-order valence-corrected chi connectivity index (χ3v) is 3.00. The van der Waals surface area contributed by atoms with Crippen LogP contribution in [0.4, 0.5) is 0 Å². The molecule has 0 aliphatic carbocycles. The third-order valence-electron chi connectivity index (χ3n) is 3.00. The van der Waals surface area contributed by atoms with Crippen molar-refractivity contribution in [2.45, 2.75) is 6.92 Å². The molecule has 3 rings (SSSR count). The van der Waals surface area contributed by atoms with Gasteiger partial charge in [-0.15, -0.1) is 0 Å². The quantitative estimate of drug-likeness (QED) is 0.690. The van der Waals surface area contributed by atoms with E-state index in [-0.39, 0.29) is 12.7 Å². The number of aromatic nitrogens is 1. The summed E-state index contributed by atoms with van der Waals surface area (Å²) >= 11 is 0. The van der Waals surface area contributed by atoms with Gasteiger partial charge in [-0.25, -0.2) is 5.43 Å². The molecule has 0 radical (unpaired) electrons. The van der Waals surface area contributed by atoms with Crippen LogP contribution in [0.5, 0.6) is 11.5 Å². The summed E-state index contributed by atoms with van der Waals surface area (Å²) in [5.74, 6) is 0.886. The normalized spacial score (nSPS) is 13.1. The number of carbonyl (C=O) groups excluding carboxylic acids is 1. The van der Waals surface area contributed by atoms with Crippen LogP contribution in [0.1, 0.15) is 23.0 Å². The van der Waals surface area contributed by atoms with E-state index < -0.39 is 0 Å². The van der Waals surface area contributed by atoms with Crippen LogP contribution < -0.4 is 14.9 Å². The molecular formula is C15H13N3O3. The molecule has 0 bridgehead atoms. The summed E-state index contributed by atoms with van der Waals surface area (Å²) in [6, 6.07) is 10.5. The van der Waals surface area contributed by atoms with Crippen molar-refractivity contribution in [1.82, 2.24) is 10.4 Å². The van der Waals surface area contributed by atoms with Crippen molar-refractivity contribution < 1.29 is 14.3 Å². The average molecular weight is 283 g/mol. The van der Waals surface area contributed by atoms with E-state index in [4.69, 9.17) is 9.47 Å². The Bertz CT molecular complexity index is 699. The standard InChI is InChI=1S/C15H13N3O3/c1-10(12-4-2-3-7-16-12)17-18-15(19)11-5-6-13-14(8-11)21-9-20-13/h2-8H,9H2,1H3,(H,18,19)/b17-10+. The van der Waals surface area contributed by atoms with Crippen molar-refractivity contribution in [3.63, 3.8) is 0 Å². The second-order valence-electron chi connectivity index (χ2n) is 4.42. The molecule has 1 aromatic heterocycles. The number of pyridine rings is 1. The fraction of sp³-hybridized carbons (Fsp3) is 0.133. The maximum atomic E-state index is 12.0. The third kappa shape index (κ3) is 2.84. The average Bonchev–Trinajstić information content (AvgIpc) is 3.00. The van der Waals surface area contributed by atoms with Crippen LogP contribution in [-0.2, 0) is 0 Å². The van der Waals surface area contributed by atoms with Crippen LogP contribution in [-0.4, -0.2) is 23.4 Å². The van der Waals surface area contributed by atoms with Gasteiger partial charge < -0.3 is 9.47 Å². The molecule has 1 aliphatic heterocycles. The molecule has 1 aromatic carbocycles. The molecule has 2 aromatic rings. The number of hydrogen-bond donors (Lipinski definition) is 1. The van der Waals surface area contributed by atoms with E-state index in [1.54, 1.807) is 31.3 Å². The Hall–Kier alpha value is -2.89. The number of hydrogen-bond acceptors (Lipinski definition) is 5. The molecule has 106 valence electrons. The van der Waals surface area contributed by atoms with Crippen molar-refractivity contribution in [3.05, 3.63) is 53.9 Å². The zero-order chi connectivity index (χ0) is 14.7. The Morgan fingerprint density at radius 1 is 1.24 bits per heavy atom. The van der Waals surface area contributed by atoms with E-state index in [1.807, 2.05) is 18.2 Å². The highest BCUT2D eigenvalue weighted by atomic mass is 16.7. The minimum Gasteiger partial charge on any atom is -0.454 e. The first kappa shape index (κ1) is 13.1. The number of nitrogens with zero attached hydrogens (tertiary/aromatic N) is 2. The SMILES string of the molecule is C/C(=N\NC(=O)c1ccc2c(c1)OCO2)c1ccccn1. The van der Waals surface area contributed by atoms with Crippen LogP contribution in [0.3, 0.4) is 0 Å². The number of nitrogens with one attached hydrogen (secondary N) is 1. The summed E-state index contributed by atoms with van der Waals surface area (Å²) in [5, 5.41) is 4.05. The van der Waals surface area contributed by atoms with Crippen molar-refractivity contribution in [1.29, 1.82) is 0 Å². The van der Waals surface area contributed by atoms with E-state index >= 15 is 0 Å². The molecule has 0 saturated heterocycles. The Balaban J connectivity index is 1.72. The molecule has 0 spiro atoms. The highest BCUT2D eigenvalue weighted by Crippen LogP contribution is 2.32. The van der Waals surface area contributed by atoms with Crippen molar-refractivity contribution in [3.8, 4) is 11.5 Å². The van der Waals surface area contributed by atoms with E-state index in [2.05, 4.69) is 15.5 Å². The number of benzene rings is 1. The highest BCUT2D eigenvalue weighted by molar-refractivity contribution is 5.99. The Labute approximate surface area is 121 Å². The maximum Gasteiger partial charge on any atom is 0.271 e. The van der Waals surface area contributed by atoms with E-state index in [1.165, 1.54) is 0 Å². The van der Waals surface area contributed by atoms with Gasteiger partial charge >= 0.3 is 0 Å². The molecule has 6 nitrogen and oxygen atoms in total. The molecule has 0 saturated carbocycles. The Morgan fingerprint density at radius 3 is 2.90 bits per heavy atom. The first-order valence-electron chi connectivity index (χ1n) is 6.40. The van der Waals surface area contributed by atoms with Crippen molar-refractivity contribution >= 4 is 11.6 Å². The summed E-state index contributed by atoms with van der Waals surface area (Å²) in [6.07, 6.45) is 1.67. The molecule has 21 heavy (non-hydrogen) atoms. The maximum absolute atomic E-state index is 12.0. The zero-order valence-electron chi connectivity index (χ0n) is 11.4. The minimum absolute atomic E-state index is 0.178. The molecule has 0 fully saturated rings. The van der Waals surface area contributed by atoms with Gasteiger partial charge in [-0.2, -0.15) is 5.10 Å². The van der Waals surface area contributed by atoms with Gasteiger partial charge in [-0.1, -0.05) is 6.07 Å². The fourth-order valence-electron chi connectivity index (χ4n) is 1.87. The first-order valence-corrected chi connectivity index (χ1v) is 6.40. The second-order valence-corrected chi connectivity index (χ2v) is 4.42. The summed E-state index contributed by atoms with van der Waals surface area (Å²) in [5.41, 5.74) is 4.30. The Kier molecular flexibility index (Phi) is 3.51. The molecule has 0 atom stereocenters. The lowest BCUT2D eigenvalue weighted by molar-refractivity contribution is 0.0954. The molecule has 1 aliphatic rings. The Morgan fingerprint density at radius 2 is 2.10 bits per heavy atom. The first-order chi connectivity index (χ1) is 10.2. The van der Waals surface area contributed by atoms with Gasteiger partial charge in [-0.05, 0) is 37.3 Å². The number of carbonyl (C=O) groups is 1. The number of amides is 1. The molecule has 6 heteroatoms. The smallest absolute Gasteiger partial charge is 0.271 e. The van der Waals surface area contributed by atoms with Crippen LogP contribution >= 0.6 is 0 Å². The van der Waals surface area contributed by atoms with Gasteiger partial charge in [-0.3, -0.25) is 9.78 Å². The topological polar surface area (TPSA) is 72.8 Å². The van der Waals surface area contributed by atoms with Crippen molar-refractivity contribution in [2.75, 3.05) is 6.79 Å². The lowest BCUT2D eigenvalue weighted by Gasteiger charge is -2.03. The van der Waals surface area contributed by atoms with E-state index in [9.17, 15) is 4.79 Å². The van der Waals surface area contributed by atoms with Gasteiger partial charge in [0.05, 0.1) is 11.4 Å². The van der Waals surface area contributed by atoms with Crippen LogP contribution in [0.25, 0.3) is 0 Å². The number of ether oxygens (including phenoxy) is 2. The largest absolute Gasteiger partial charge is 0.454 e. The summed E-state index contributed by atoms with van der Waals surface area (Å²) < 4.78 is 10.4. The highest BCUT2D eigenvalue weighted by Gasteiger charge is 2.16. The van der Waals surface area contributed by atoms with Gasteiger partial charge in [0.2, 0.25) is 6.79 Å². The number of rotatable bonds is 3. The summed E-state index contributed by atoms with van der Waals surface area (Å²) in [6.45, 7) is 1.96. The second kappa shape index (κ2) is 5.62. The van der Waals surface area contributed by atoms with Gasteiger partial charge in [0.15, 0.2) is 11.5 Å². The lowest BCUT2D eigenvalue weighted by atomic mass is 10.2. The minimum atomic E-state index is -0.316. The van der Waals surface area contributed by atoms with Gasteiger partial charge in [0.25, 0.3) is 5.91 Å². The van der Waals surface area contributed by atoms with E-state index in [0.29, 0.717) is 28.5 Å². The molecule has 0 unspecified atom stereocenters. The summed E-state index contributed by atoms with van der Waals surface area (Å²) in [4.78, 5) is 16.2. The van der Waals surface area contributed by atoms with Gasteiger partial charge in [0.1, 0.15) is 0 Å². The monoisotopic (exact) mass is 283 g/mol. The number of fused-ring (bicyclic) bond motifs is 1. The van der Waals surface area contributed by atoms with Crippen LogP contribution in [0.15, 0.2) is 47.7 Å². The zero-order valence-corrected chi connectivity index (χ0v) is 11.4.